The van der Waals surface area contributed by atoms with Gasteiger partial charge in [-0.2, -0.15) is 0 Å². The minimum absolute atomic E-state index is 0.0259. The van der Waals surface area contributed by atoms with Crippen molar-refractivity contribution in [3.05, 3.63) is 47.7 Å². The molecule has 0 bridgehead atoms. The van der Waals surface area contributed by atoms with Crippen LogP contribution in [0.15, 0.2) is 36.5 Å². The molecule has 2 aromatic rings. The lowest BCUT2D eigenvalue weighted by Crippen LogP contribution is -2.00. The number of phenols is 1. The Hall–Kier alpha value is -2.36. The normalized spacial score (nSPS) is 10.3. The standard InChI is InChI=1S/C14H13NO3/c1-9-6-11(3-5-13(9)16)12-4-2-10(8-15-12)7-14(17)18/h2-6,8,16H,7H2,1H3,(H,17,18). The Morgan fingerprint density at radius 2 is 2.06 bits per heavy atom. The molecule has 0 saturated heterocycles. The van der Waals surface area contributed by atoms with Crippen molar-refractivity contribution in [3.8, 4) is 17.0 Å². The summed E-state index contributed by atoms with van der Waals surface area (Å²) >= 11 is 0. The zero-order chi connectivity index (χ0) is 13.1. The average Bonchev–Trinajstić information content (AvgIpc) is 2.33. The summed E-state index contributed by atoms with van der Waals surface area (Å²) in [7, 11) is 0. The van der Waals surface area contributed by atoms with Gasteiger partial charge in [-0.3, -0.25) is 9.78 Å². The molecule has 2 N–H and O–H groups in total. The third-order valence-electron chi connectivity index (χ3n) is 2.67. The highest BCUT2D eigenvalue weighted by atomic mass is 16.4. The number of carbonyl (C=O) groups is 1. The maximum atomic E-state index is 10.6. The molecular formula is C14H13NO3. The van der Waals surface area contributed by atoms with Crippen molar-refractivity contribution < 1.29 is 15.0 Å². The highest BCUT2D eigenvalue weighted by molar-refractivity contribution is 5.70. The quantitative estimate of drug-likeness (QED) is 0.868. The zero-order valence-electron chi connectivity index (χ0n) is 9.92. The number of aromatic nitrogens is 1. The van der Waals surface area contributed by atoms with Crippen LogP contribution in [0.1, 0.15) is 11.1 Å². The van der Waals surface area contributed by atoms with Gasteiger partial charge in [-0.05, 0) is 42.3 Å². The van der Waals surface area contributed by atoms with E-state index in [9.17, 15) is 9.90 Å². The second kappa shape index (κ2) is 4.87. The number of hydrogen-bond donors (Lipinski definition) is 2. The van der Waals surface area contributed by atoms with E-state index in [4.69, 9.17) is 5.11 Å². The van der Waals surface area contributed by atoms with Crippen molar-refractivity contribution in [2.24, 2.45) is 0 Å². The summed E-state index contributed by atoms with van der Waals surface area (Å²) in [6.45, 7) is 1.82. The van der Waals surface area contributed by atoms with Gasteiger partial charge in [0.1, 0.15) is 5.75 Å². The molecule has 1 heterocycles. The summed E-state index contributed by atoms with van der Waals surface area (Å²) in [5.41, 5.74) is 3.10. The Morgan fingerprint density at radius 3 is 2.61 bits per heavy atom. The van der Waals surface area contributed by atoms with Crippen molar-refractivity contribution >= 4 is 5.97 Å². The van der Waals surface area contributed by atoms with E-state index in [1.54, 1.807) is 30.5 Å². The maximum Gasteiger partial charge on any atom is 0.307 e. The molecule has 0 unspecified atom stereocenters. The van der Waals surface area contributed by atoms with E-state index in [-0.39, 0.29) is 12.2 Å². The fraction of sp³-hybridized carbons (Fsp3) is 0.143. The zero-order valence-corrected chi connectivity index (χ0v) is 9.92. The number of aryl methyl sites for hydroxylation is 1. The smallest absolute Gasteiger partial charge is 0.307 e. The Kier molecular flexibility index (Phi) is 3.28. The van der Waals surface area contributed by atoms with Crippen molar-refractivity contribution in [3.63, 3.8) is 0 Å². The van der Waals surface area contributed by atoms with E-state index in [2.05, 4.69) is 4.98 Å². The minimum Gasteiger partial charge on any atom is -0.508 e. The molecule has 4 heteroatoms. The second-order valence-corrected chi connectivity index (χ2v) is 4.12. The molecule has 0 aliphatic rings. The first-order chi connectivity index (χ1) is 8.56. The Balaban J connectivity index is 2.28. The molecule has 1 aromatic carbocycles. The molecule has 92 valence electrons. The number of aliphatic carboxylic acids is 1. The molecule has 0 saturated carbocycles. The van der Waals surface area contributed by atoms with Crippen molar-refractivity contribution in [1.29, 1.82) is 0 Å². The van der Waals surface area contributed by atoms with Gasteiger partial charge in [0.15, 0.2) is 0 Å². The van der Waals surface area contributed by atoms with Crippen LogP contribution in [0.25, 0.3) is 11.3 Å². The average molecular weight is 243 g/mol. The molecule has 0 fully saturated rings. The van der Waals surface area contributed by atoms with Gasteiger partial charge in [0.25, 0.3) is 0 Å². The third kappa shape index (κ3) is 2.66. The summed E-state index contributed by atoms with van der Waals surface area (Å²) in [6.07, 6.45) is 1.54. The van der Waals surface area contributed by atoms with Gasteiger partial charge in [-0.25, -0.2) is 0 Å². The van der Waals surface area contributed by atoms with Crippen LogP contribution in [0.2, 0.25) is 0 Å². The minimum atomic E-state index is -0.870. The van der Waals surface area contributed by atoms with Crippen LogP contribution in [0.5, 0.6) is 5.75 Å². The molecule has 0 aliphatic carbocycles. The number of aromatic hydroxyl groups is 1. The van der Waals surface area contributed by atoms with Gasteiger partial charge < -0.3 is 10.2 Å². The van der Waals surface area contributed by atoms with Crippen LogP contribution < -0.4 is 0 Å². The number of carboxylic acids is 1. The number of benzene rings is 1. The first-order valence-electron chi connectivity index (χ1n) is 5.53. The lowest BCUT2D eigenvalue weighted by molar-refractivity contribution is -0.136. The number of hydrogen-bond acceptors (Lipinski definition) is 3. The van der Waals surface area contributed by atoms with E-state index in [1.807, 2.05) is 13.0 Å². The number of phenolic OH excluding ortho intramolecular Hbond substituents is 1. The molecule has 18 heavy (non-hydrogen) atoms. The first kappa shape index (κ1) is 12.1. The van der Waals surface area contributed by atoms with E-state index >= 15 is 0 Å². The Bertz CT molecular complexity index is 576. The number of pyridine rings is 1. The van der Waals surface area contributed by atoms with Crippen molar-refractivity contribution in [2.75, 3.05) is 0 Å². The Labute approximate surface area is 105 Å². The summed E-state index contributed by atoms with van der Waals surface area (Å²) in [5.74, 6) is -0.619. The predicted octanol–water partition coefficient (Wildman–Crippen LogP) is 2.39. The molecule has 0 spiro atoms. The topological polar surface area (TPSA) is 70.4 Å². The van der Waals surface area contributed by atoms with Crippen LogP contribution >= 0.6 is 0 Å². The van der Waals surface area contributed by atoms with Gasteiger partial charge >= 0.3 is 5.97 Å². The van der Waals surface area contributed by atoms with Crippen molar-refractivity contribution in [1.82, 2.24) is 4.98 Å². The van der Waals surface area contributed by atoms with Crippen LogP contribution in [-0.4, -0.2) is 21.2 Å². The van der Waals surface area contributed by atoms with Crippen LogP contribution in [0.3, 0.4) is 0 Å². The highest BCUT2D eigenvalue weighted by Gasteiger charge is 2.04. The van der Waals surface area contributed by atoms with E-state index in [0.717, 1.165) is 16.8 Å². The van der Waals surface area contributed by atoms with Gasteiger partial charge in [0.05, 0.1) is 12.1 Å². The summed E-state index contributed by atoms with van der Waals surface area (Å²) in [5, 5.41) is 18.1. The molecule has 4 nitrogen and oxygen atoms in total. The van der Waals surface area contributed by atoms with Crippen LogP contribution in [-0.2, 0) is 11.2 Å². The molecule has 0 aliphatic heterocycles. The molecule has 2 rings (SSSR count). The number of carboxylic acid groups (broad SMARTS) is 1. The van der Waals surface area contributed by atoms with E-state index < -0.39 is 5.97 Å². The molecule has 0 amide bonds. The molecule has 1 aromatic heterocycles. The maximum absolute atomic E-state index is 10.6. The van der Waals surface area contributed by atoms with Gasteiger partial charge in [0.2, 0.25) is 0 Å². The second-order valence-electron chi connectivity index (χ2n) is 4.12. The number of nitrogens with zero attached hydrogens (tertiary/aromatic N) is 1. The fourth-order valence-electron chi connectivity index (χ4n) is 1.69. The Morgan fingerprint density at radius 1 is 1.28 bits per heavy atom. The highest BCUT2D eigenvalue weighted by Crippen LogP contribution is 2.23. The van der Waals surface area contributed by atoms with Crippen LogP contribution in [0, 0.1) is 6.92 Å². The number of rotatable bonds is 3. The van der Waals surface area contributed by atoms with Gasteiger partial charge in [-0.1, -0.05) is 6.07 Å². The van der Waals surface area contributed by atoms with Gasteiger partial charge in [-0.15, -0.1) is 0 Å². The summed E-state index contributed by atoms with van der Waals surface area (Å²) < 4.78 is 0. The largest absolute Gasteiger partial charge is 0.508 e. The molecule has 0 radical (unpaired) electrons. The lowest BCUT2D eigenvalue weighted by Gasteiger charge is -2.04. The summed E-state index contributed by atoms with van der Waals surface area (Å²) in [6, 6.07) is 8.77. The van der Waals surface area contributed by atoms with E-state index in [1.165, 1.54) is 0 Å². The first-order valence-corrected chi connectivity index (χ1v) is 5.53. The van der Waals surface area contributed by atoms with Crippen LogP contribution in [0.4, 0.5) is 0 Å². The van der Waals surface area contributed by atoms with Gasteiger partial charge in [0, 0.05) is 11.8 Å². The molecule has 0 atom stereocenters. The van der Waals surface area contributed by atoms with E-state index in [0.29, 0.717) is 5.56 Å². The fourth-order valence-corrected chi connectivity index (χ4v) is 1.69. The van der Waals surface area contributed by atoms with Crippen molar-refractivity contribution in [2.45, 2.75) is 13.3 Å². The summed E-state index contributed by atoms with van der Waals surface area (Å²) in [4.78, 5) is 14.8. The lowest BCUT2D eigenvalue weighted by atomic mass is 10.1. The predicted molar refractivity (Wildman–Crippen MR) is 67.4 cm³/mol. The molecular weight excluding hydrogens is 230 g/mol. The monoisotopic (exact) mass is 243 g/mol. The third-order valence-corrected chi connectivity index (χ3v) is 2.67. The SMILES string of the molecule is Cc1cc(-c2ccc(CC(=O)O)cn2)ccc1O.